The Hall–Kier alpha value is -0.870. The lowest BCUT2D eigenvalue weighted by atomic mass is 9.87. The van der Waals surface area contributed by atoms with Gasteiger partial charge < -0.3 is 0 Å². The van der Waals surface area contributed by atoms with Crippen molar-refractivity contribution in [2.24, 2.45) is 0 Å². The first-order valence-corrected chi connectivity index (χ1v) is 8.28. The Morgan fingerprint density at radius 1 is 1.11 bits per heavy atom. The van der Waals surface area contributed by atoms with Gasteiger partial charge in [0.25, 0.3) is 0 Å². The van der Waals surface area contributed by atoms with Crippen LogP contribution < -0.4 is 0 Å². The van der Waals surface area contributed by atoms with E-state index in [1.807, 2.05) is 25.1 Å². The molecule has 0 aromatic heterocycles. The first-order chi connectivity index (χ1) is 8.73. The Labute approximate surface area is 116 Å². The van der Waals surface area contributed by atoms with Crippen LogP contribution in [0.5, 0.6) is 0 Å². The van der Waals surface area contributed by atoms with E-state index in [0.29, 0.717) is 18.0 Å². The molecule has 0 saturated carbocycles. The van der Waals surface area contributed by atoms with Gasteiger partial charge in [-0.25, -0.2) is 8.42 Å². The van der Waals surface area contributed by atoms with E-state index in [1.165, 1.54) is 0 Å². The standard InChI is InChI=1S/C15H23NO2S/c1-12-7-8-13(15(2,3)4)11-14(12)19(17,18)16-9-5-6-10-16/h7-8,11H,5-6,9-10H2,1-4H3. The first-order valence-electron chi connectivity index (χ1n) is 6.84. The van der Waals surface area contributed by atoms with E-state index in [0.717, 1.165) is 24.0 Å². The molecule has 0 N–H and O–H groups in total. The summed E-state index contributed by atoms with van der Waals surface area (Å²) in [6, 6.07) is 5.80. The highest BCUT2D eigenvalue weighted by Gasteiger charge is 2.29. The highest BCUT2D eigenvalue weighted by molar-refractivity contribution is 7.89. The number of rotatable bonds is 2. The number of benzene rings is 1. The predicted octanol–water partition coefficient (Wildman–Crippen LogP) is 3.08. The van der Waals surface area contributed by atoms with Gasteiger partial charge in [-0.2, -0.15) is 4.31 Å². The first kappa shape index (κ1) is 14.5. The van der Waals surface area contributed by atoms with E-state index < -0.39 is 10.0 Å². The van der Waals surface area contributed by atoms with E-state index in [9.17, 15) is 8.42 Å². The van der Waals surface area contributed by atoms with Crippen molar-refractivity contribution in [3.8, 4) is 0 Å². The van der Waals surface area contributed by atoms with Crippen LogP contribution in [-0.2, 0) is 15.4 Å². The zero-order chi connectivity index (χ0) is 14.3. The van der Waals surface area contributed by atoms with Crippen molar-refractivity contribution in [3.63, 3.8) is 0 Å². The van der Waals surface area contributed by atoms with Gasteiger partial charge in [0.15, 0.2) is 0 Å². The van der Waals surface area contributed by atoms with E-state index in [4.69, 9.17) is 0 Å². The quantitative estimate of drug-likeness (QED) is 0.835. The van der Waals surface area contributed by atoms with E-state index in [2.05, 4.69) is 20.8 Å². The number of hydrogen-bond donors (Lipinski definition) is 0. The summed E-state index contributed by atoms with van der Waals surface area (Å²) in [5, 5.41) is 0. The van der Waals surface area contributed by atoms with Crippen LogP contribution in [0.4, 0.5) is 0 Å². The summed E-state index contributed by atoms with van der Waals surface area (Å²) in [7, 11) is -3.32. The fourth-order valence-corrected chi connectivity index (χ4v) is 4.18. The lowest BCUT2D eigenvalue weighted by molar-refractivity contribution is 0.476. The minimum atomic E-state index is -3.32. The molecule has 0 radical (unpaired) electrons. The fraction of sp³-hybridized carbons (Fsp3) is 0.600. The van der Waals surface area contributed by atoms with Gasteiger partial charge in [-0.1, -0.05) is 32.9 Å². The molecule has 0 aliphatic carbocycles. The Morgan fingerprint density at radius 3 is 2.21 bits per heavy atom. The Balaban J connectivity index is 2.49. The van der Waals surface area contributed by atoms with Crippen molar-refractivity contribution in [1.29, 1.82) is 0 Å². The Morgan fingerprint density at radius 2 is 1.68 bits per heavy atom. The van der Waals surface area contributed by atoms with Gasteiger partial charge in [0.1, 0.15) is 0 Å². The number of nitrogens with zero attached hydrogens (tertiary/aromatic N) is 1. The Kier molecular flexibility index (Phi) is 3.76. The van der Waals surface area contributed by atoms with Crippen molar-refractivity contribution in [1.82, 2.24) is 4.31 Å². The fourth-order valence-electron chi connectivity index (χ4n) is 2.41. The minimum Gasteiger partial charge on any atom is -0.207 e. The van der Waals surface area contributed by atoms with Crippen LogP contribution in [0.3, 0.4) is 0 Å². The van der Waals surface area contributed by atoms with Crippen LogP contribution in [0, 0.1) is 6.92 Å². The van der Waals surface area contributed by atoms with Gasteiger partial charge in [0, 0.05) is 13.1 Å². The summed E-state index contributed by atoms with van der Waals surface area (Å²) in [5.41, 5.74) is 1.86. The molecule has 1 aliphatic heterocycles. The second-order valence-corrected chi connectivity index (χ2v) is 8.25. The lowest BCUT2D eigenvalue weighted by Gasteiger charge is -2.22. The molecular weight excluding hydrogens is 258 g/mol. The van der Waals surface area contributed by atoms with Crippen LogP contribution in [0.15, 0.2) is 23.1 Å². The Bertz CT molecular complexity index is 564. The van der Waals surface area contributed by atoms with Crippen molar-refractivity contribution in [2.75, 3.05) is 13.1 Å². The largest absolute Gasteiger partial charge is 0.243 e. The molecule has 4 heteroatoms. The van der Waals surface area contributed by atoms with Gasteiger partial charge in [-0.05, 0) is 42.4 Å². The average molecular weight is 281 g/mol. The molecule has 1 heterocycles. The molecule has 0 unspecified atom stereocenters. The topological polar surface area (TPSA) is 37.4 Å². The van der Waals surface area contributed by atoms with Gasteiger partial charge in [0.05, 0.1) is 4.90 Å². The zero-order valence-corrected chi connectivity index (χ0v) is 13.0. The van der Waals surface area contributed by atoms with Crippen molar-refractivity contribution >= 4 is 10.0 Å². The second-order valence-electron chi connectivity index (χ2n) is 6.34. The van der Waals surface area contributed by atoms with Crippen LogP contribution in [0.2, 0.25) is 0 Å². The average Bonchev–Trinajstić information content (AvgIpc) is 2.81. The van der Waals surface area contributed by atoms with E-state index in [-0.39, 0.29) is 5.41 Å². The third-order valence-electron chi connectivity index (χ3n) is 3.74. The molecule has 0 atom stereocenters. The number of aryl methyl sites for hydroxylation is 1. The van der Waals surface area contributed by atoms with E-state index in [1.54, 1.807) is 4.31 Å². The molecular formula is C15H23NO2S. The molecule has 2 rings (SSSR count). The van der Waals surface area contributed by atoms with Gasteiger partial charge in [0.2, 0.25) is 10.0 Å². The van der Waals surface area contributed by atoms with Gasteiger partial charge >= 0.3 is 0 Å². The van der Waals surface area contributed by atoms with Crippen LogP contribution >= 0.6 is 0 Å². The van der Waals surface area contributed by atoms with E-state index >= 15 is 0 Å². The molecule has 1 aromatic rings. The summed E-state index contributed by atoms with van der Waals surface area (Å²) in [5.74, 6) is 0. The third-order valence-corrected chi connectivity index (χ3v) is 5.78. The number of sulfonamides is 1. The smallest absolute Gasteiger partial charge is 0.207 e. The predicted molar refractivity (Wildman–Crippen MR) is 77.9 cm³/mol. The molecule has 1 aliphatic rings. The molecule has 3 nitrogen and oxygen atoms in total. The molecule has 1 aromatic carbocycles. The summed E-state index contributed by atoms with van der Waals surface area (Å²) >= 11 is 0. The van der Waals surface area contributed by atoms with Crippen LogP contribution in [-0.4, -0.2) is 25.8 Å². The van der Waals surface area contributed by atoms with Crippen molar-refractivity contribution in [3.05, 3.63) is 29.3 Å². The zero-order valence-electron chi connectivity index (χ0n) is 12.2. The highest BCUT2D eigenvalue weighted by Crippen LogP contribution is 2.29. The van der Waals surface area contributed by atoms with Crippen molar-refractivity contribution < 1.29 is 8.42 Å². The second kappa shape index (κ2) is 4.91. The highest BCUT2D eigenvalue weighted by atomic mass is 32.2. The third kappa shape index (κ3) is 2.84. The molecule has 0 bridgehead atoms. The lowest BCUT2D eigenvalue weighted by Crippen LogP contribution is -2.28. The number of hydrogen-bond acceptors (Lipinski definition) is 2. The maximum Gasteiger partial charge on any atom is 0.243 e. The maximum atomic E-state index is 12.7. The SMILES string of the molecule is Cc1ccc(C(C)(C)C)cc1S(=O)(=O)N1CCCC1. The monoisotopic (exact) mass is 281 g/mol. The summed E-state index contributed by atoms with van der Waals surface area (Å²) in [6.45, 7) is 9.48. The van der Waals surface area contributed by atoms with Crippen LogP contribution in [0.25, 0.3) is 0 Å². The van der Waals surface area contributed by atoms with Gasteiger partial charge in [-0.3, -0.25) is 0 Å². The molecule has 1 saturated heterocycles. The minimum absolute atomic E-state index is 0.0387. The molecule has 0 amide bonds. The summed E-state index contributed by atoms with van der Waals surface area (Å²) < 4.78 is 26.9. The maximum absolute atomic E-state index is 12.7. The molecule has 0 spiro atoms. The summed E-state index contributed by atoms with van der Waals surface area (Å²) in [4.78, 5) is 0.474. The molecule has 1 fully saturated rings. The molecule has 19 heavy (non-hydrogen) atoms. The van der Waals surface area contributed by atoms with Crippen LogP contribution in [0.1, 0.15) is 44.7 Å². The molecule has 106 valence electrons. The summed E-state index contributed by atoms with van der Waals surface area (Å²) in [6.07, 6.45) is 1.94. The normalized spacial score (nSPS) is 17.9. The van der Waals surface area contributed by atoms with Crippen molar-refractivity contribution in [2.45, 2.75) is 50.8 Å². The van der Waals surface area contributed by atoms with Gasteiger partial charge in [-0.15, -0.1) is 0 Å².